The predicted octanol–water partition coefficient (Wildman–Crippen LogP) is -0.718. The van der Waals surface area contributed by atoms with E-state index < -0.39 is 17.4 Å². The zero-order valence-corrected chi connectivity index (χ0v) is 8.25. The van der Waals surface area contributed by atoms with Gasteiger partial charge in [-0.2, -0.15) is 0 Å². The summed E-state index contributed by atoms with van der Waals surface area (Å²) in [5.41, 5.74) is 4.86. The van der Waals surface area contributed by atoms with E-state index in [1.54, 1.807) is 0 Å². The van der Waals surface area contributed by atoms with E-state index in [1.165, 1.54) is 6.92 Å². The molecule has 0 spiro atoms. The summed E-state index contributed by atoms with van der Waals surface area (Å²) >= 11 is 0. The van der Waals surface area contributed by atoms with Gasteiger partial charge in [0.05, 0.1) is 11.6 Å². The summed E-state index contributed by atoms with van der Waals surface area (Å²) in [5.74, 6) is -0.831. The number of carbonyl (C=O) groups is 2. The number of carbonyl (C=O) groups excluding carboxylic acids is 2. The van der Waals surface area contributed by atoms with E-state index >= 15 is 0 Å². The monoisotopic (exact) mass is 200 g/mol. The van der Waals surface area contributed by atoms with Crippen LogP contribution in [0.1, 0.15) is 32.6 Å². The molecule has 5 heteroatoms. The summed E-state index contributed by atoms with van der Waals surface area (Å²) in [6.45, 7) is 1.28. The van der Waals surface area contributed by atoms with Crippen molar-refractivity contribution in [3.63, 3.8) is 0 Å². The van der Waals surface area contributed by atoms with Gasteiger partial charge in [0.2, 0.25) is 11.8 Å². The minimum atomic E-state index is -0.981. The van der Waals surface area contributed by atoms with Gasteiger partial charge in [-0.15, -0.1) is 0 Å². The van der Waals surface area contributed by atoms with E-state index in [2.05, 4.69) is 5.32 Å². The molecule has 0 bridgehead atoms. The maximum Gasteiger partial charge on any atom is 0.246 e. The molecule has 1 fully saturated rings. The number of hydrogen-bond acceptors (Lipinski definition) is 4. The van der Waals surface area contributed by atoms with Crippen molar-refractivity contribution in [2.24, 2.45) is 5.73 Å². The molecule has 0 aliphatic heterocycles. The molecular formula is C9H16N2O3. The Morgan fingerprint density at radius 2 is 1.93 bits per heavy atom. The standard InChI is InChI=1S/C9H16N2O3/c1-6(12)11-8(14)9(10)4-2-7(13)3-5-9/h7,13H,2-5,10H2,1H3,(H,11,12,14). The van der Waals surface area contributed by atoms with Crippen molar-refractivity contribution in [3.05, 3.63) is 0 Å². The van der Waals surface area contributed by atoms with Crippen molar-refractivity contribution < 1.29 is 14.7 Å². The number of aliphatic hydroxyl groups excluding tert-OH is 1. The lowest BCUT2D eigenvalue weighted by molar-refractivity contribution is -0.134. The van der Waals surface area contributed by atoms with Crippen molar-refractivity contribution in [2.45, 2.75) is 44.2 Å². The Balaban J connectivity index is 2.57. The highest BCUT2D eigenvalue weighted by Gasteiger charge is 2.38. The normalized spacial score (nSPS) is 32.4. The van der Waals surface area contributed by atoms with Crippen LogP contribution in [0.4, 0.5) is 0 Å². The topological polar surface area (TPSA) is 92.4 Å². The fourth-order valence-electron chi connectivity index (χ4n) is 1.63. The van der Waals surface area contributed by atoms with Crippen LogP contribution in [0.2, 0.25) is 0 Å². The molecule has 1 aliphatic carbocycles. The van der Waals surface area contributed by atoms with E-state index in [4.69, 9.17) is 5.73 Å². The van der Waals surface area contributed by atoms with Gasteiger partial charge in [-0.3, -0.25) is 14.9 Å². The largest absolute Gasteiger partial charge is 0.393 e. The molecule has 14 heavy (non-hydrogen) atoms. The highest BCUT2D eigenvalue weighted by Crippen LogP contribution is 2.26. The van der Waals surface area contributed by atoms with Crippen LogP contribution in [-0.4, -0.2) is 28.6 Å². The van der Waals surface area contributed by atoms with Crippen molar-refractivity contribution in [2.75, 3.05) is 0 Å². The Labute approximate surface area is 82.7 Å². The second-order valence-corrected chi connectivity index (χ2v) is 3.90. The first kappa shape index (κ1) is 11.1. The highest BCUT2D eigenvalue weighted by molar-refractivity contribution is 5.99. The molecular weight excluding hydrogens is 184 g/mol. The summed E-state index contributed by atoms with van der Waals surface area (Å²) in [4.78, 5) is 22.2. The number of hydrogen-bond donors (Lipinski definition) is 3. The van der Waals surface area contributed by atoms with Gasteiger partial charge in [-0.1, -0.05) is 0 Å². The van der Waals surface area contributed by atoms with Gasteiger partial charge in [-0.25, -0.2) is 0 Å². The zero-order valence-electron chi connectivity index (χ0n) is 8.25. The molecule has 0 atom stereocenters. The molecule has 1 saturated carbocycles. The van der Waals surface area contributed by atoms with E-state index in [1.807, 2.05) is 0 Å². The van der Waals surface area contributed by atoms with Crippen LogP contribution in [0.5, 0.6) is 0 Å². The Morgan fingerprint density at radius 1 is 1.43 bits per heavy atom. The number of rotatable bonds is 1. The Kier molecular flexibility index (Phi) is 3.23. The maximum atomic E-state index is 11.5. The van der Waals surface area contributed by atoms with Crippen LogP contribution >= 0.6 is 0 Å². The Morgan fingerprint density at radius 3 is 2.36 bits per heavy atom. The minimum Gasteiger partial charge on any atom is -0.393 e. The molecule has 0 radical (unpaired) electrons. The quantitative estimate of drug-likeness (QED) is 0.521. The number of imide groups is 1. The summed E-state index contributed by atoms with van der Waals surface area (Å²) in [6.07, 6.45) is 1.52. The van der Waals surface area contributed by atoms with Gasteiger partial charge in [0.15, 0.2) is 0 Å². The lowest BCUT2D eigenvalue weighted by Crippen LogP contribution is -2.57. The fourth-order valence-corrected chi connectivity index (χ4v) is 1.63. The number of nitrogens with one attached hydrogen (secondary N) is 1. The molecule has 0 unspecified atom stereocenters. The van der Waals surface area contributed by atoms with E-state index in [0.717, 1.165) is 0 Å². The summed E-state index contributed by atoms with van der Waals surface area (Å²) in [6, 6.07) is 0. The molecule has 1 aliphatic rings. The lowest BCUT2D eigenvalue weighted by atomic mass is 9.80. The molecule has 4 N–H and O–H groups in total. The van der Waals surface area contributed by atoms with Crippen LogP contribution < -0.4 is 11.1 Å². The third-order valence-corrected chi connectivity index (χ3v) is 2.59. The van der Waals surface area contributed by atoms with Crippen LogP contribution in [0, 0.1) is 0 Å². The summed E-state index contributed by atoms with van der Waals surface area (Å²) in [5, 5.41) is 11.4. The summed E-state index contributed by atoms with van der Waals surface area (Å²) in [7, 11) is 0. The van der Waals surface area contributed by atoms with Crippen LogP contribution in [0.15, 0.2) is 0 Å². The third-order valence-electron chi connectivity index (χ3n) is 2.59. The van der Waals surface area contributed by atoms with Gasteiger partial charge in [0.1, 0.15) is 0 Å². The van der Waals surface area contributed by atoms with Crippen LogP contribution in [-0.2, 0) is 9.59 Å². The van der Waals surface area contributed by atoms with Crippen molar-refractivity contribution in [1.82, 2.24) is 5.32 Å². The first-order valence-electron chi connectivity index (χ1n) is 4.73. The molecule has 1 rings (SSSR count). The predicted molar refractivity (Wildman–Crippen MR) is 50.2 cm³/mol. The van der Waals surface area contributed by atoms with Gasteiger partial charge in [-0.05, 0) is 25.7 Å². The van der Waals surface area contributed by atoms with Crippen LogP contribution in [0.25, 0.3) is 0 Å². The number of nitrogens with two attached hydrogens (primary N) is 1. The van der Waals surface area contributed by atoms with E-state index in [0.29, 0.717) is 25.7 Å². The number of aliphatic hydroxyl groups is 1. The second-order valence-electron chi connectivity index (χ2n) is 3.90. The molecule has 0 aromatic heterocycles. The molecule has 80 valence electrons. The Hall–Kier alpha value is -0.940. The van der Waals surface area contributed by atoms with Crippen molar-refractivity contribution >= 4 is 11.8 Å². The second kappa shape index (κ2) is 4.06. The minimum absolute atomic E-state index is 0.364. The summed E-state index contributed by atoms with van der Waals surface area (Å²) < 4.78 is 0. The lowest BCUT2D eigenvalue weighted by Gasteiger charge is -2.33. The average molecular weight is 200 g/mol. The highest BCUT2D eigenvalue weighted by atomic mass is 16.3. The molecule has 0 aromatic rings. The van der Waals surface area contributed by atoms with E-state index in [9.17, 15) is 14.7 Å². The molecule has 0 saturated heterocycles. The van der Waals surface area contributed by atoms with Crippen LogP contribution in [0.3, 0.4) is 0 Å². The maximum absolute atomic E-state index is 11.5. The SMILES string of the molecule is CC(=O)NC(=O)C1(N)CCC(O)CC1. The van der Waals surface area contributed by atoms with Crippen molar-refractivity contribution in [3.8, 4) is 0 Å². The van der Waals surface area contributed by atoms with Gasteiger partial charge < -0.3 is 10.8 Å². The van der Waals surface area contributed by atoms with Gasteiger partial charge in [0, 0.05) is 6.92 Å². The Bertz CT molecular complexity index is 244. The number of amides is 2. The van der Waals surface area contributed by atoms with E-state index in [-0.39, 0.29) is 6.10 Å². The zero-order chi connectivity index (χ0) is 10.8. The third kappa shape index (κ3) is 2.52. The van der Waals surface area contributed by atoms with Gasteiger partial charge in [0.25, 0.3) is 0 Å². The van der Waals surface area contributed by atoms with Gasteiger partial charge >= 0.3 is 0 Å². The molecule has 0 aromatic carbocycles. The first-order valence-corrected chi connectivity index (χ1v) is 4.73. The molecule has 5 nitrogen and oxygen atoms in total. The van der Waals surface area contributed by atoms with Crippen molar-refractivity contribution in [1.29, 1.82) is 0 Å². The molecule has 2 amide bonds. The average Bonchev–Trinajstić information content (AvgIpc) is 2.09. The first-order chi connectivity index (χ1) is 6.44. The smallest absolute Gasteiger partial charge is 0.246 e. The fraction of sp³-hybridized carbons (Fsp3) is 0.778. The molecule has 0 heterocycles.